The molecule has 7 nitrogen and oxygen atoms in total. The molecule has 0 saturated heterocycles. The Kier molecular flexibility index (Phi) is 3.84. The highest BCUT2D eigenvalue weighted by atomic mass is 35.5. The molecule has 4 heterocycles. The maximum Gasteiger partial charge on any atom is 0.226 e. The summed E-state index contributed by atoms with van der Waals surface area (Å²) in [7, 11) is 0. The standard InChI is InChI=1S/C20H15ClN6O/c1-11-19-14(12-8-9-22-15-5-3-2-4-13(12)15)10-18(28)23-20(19)27(26-11)17-7-6-16(21)24-25-17/h2-9,14H,10H2,1H3,(H,23,28)/t14-/m0/s1. The number of nitrogens with zero attached hydrogens (tertiary/aromatic N) is 5. The minimum atomic E-state index is -0.120. The molecule has 1 N–H and O–H groups in total. The van der Waals surface area contributed by atoms with Crippen LogP contribution in [-0.4, -0.2) is 30.9 Å². The Bertz CT molecular complexity index is 1210. The second-order valence-corrected chi connectivity index (χ2v) is 7.08. The normalized spacial score (nSPS) is 16.1. The predicted molar refractivity (Wildman–Crippen MR) is 106 cm³/mol. The number of fused-ring (bicyclic) bond motifs is 2. The summed E-state index contributed by atoms with van der Waals surface area (Å²) in [6.07, 6.45) is 2.13. The average molecular weight is 391 g/mol. The summed E-state index contributed by atoms with van der Waals surface area (Å²) in [5, 5.41) is 16.9. The van der Waals surface area contributed by atoms with Crippen LogP contribution in [0.3, 0.4) is 0 Å². The highest BCUT2D eigenvalue weighted by Gasteiger charge is 2.33. The summed E-state index contributed by atoms with van der Waals surface area (Å²) < 4.78 is 1.61. The molecule has 138 valence electrons. The molecule has 0 bridgehead atoms. The number of rotatable bonds is 2. The number of aromatic nitrogens is 5. The smallest absolute Gasteiger partial charge is 0.226 e. The predicted octanol–water partition coefficient (Wildman–Crippen LogP) is 3.65. The first-order chi connectivity index (χ1) is 13.6. The molecule has 1 aromatic carbocycles. The lowest BCUT2D eigenvalue weighted by molar-refractivity contribution is -0.116. The van der Waals surface area contributed by atoms with Crippen molar-refractivity contribution in [2.75, 3.05) is 5.32 Å². The zero-order valence-corrected chi connectivity index (χ0v) is 15.7. The van der Waals surface area contributed by atoms with E-state index in [2.05, 4.69) is 25.6 Å². The van der Waals surface area contributed by atoms with Crippen molar-refractivity contribution in [1.29, 1.82) is 0 Å². The minimum Gasteiger partial charge on any atom is -0.310 e. The van der Waals surface area contributed by atoms with Crippen molar-refractivity contribution in [3.63, 3.8) is 0 Å². The second kappa shape index (κ2) is 6.38. The number of halogens is 1. The zero-order chi connectivity index (χ0) is 19.3. The van der Waals surface area contributed by atoms with Gasteiger partial charge in [0.15, 0.2) is 11.0 Å². The quantitative estimate of drug-likeness (QED) is 0.564. The summed E-state index contributed by atoms with van der Waals surface area (Å²) in [5.74, 6) is 0.928. The number of amides is 1. The molecule has 0 fully saturated rings. The van der Waals surface area contributed by atoms with Crippen LogP contribution in [0.2, 0.25) is 5.15 Å². The maximum absolute atomic E-state index is 12.6. The maximum atomic E-state index is 12.6. The molecule has 1 atom stereocenters. The molecule has 0 spiro atoms. The van der Waals surface area contributed by atoms with Crippen LogP contribution in [0.1, 0.15) is 29.2 Å². The van der Waals surface area contributed by atoms with Gasteiger partial charge in [0, 0.05) is 29.5 Å². The van der Waals surface area contributed by atoms with E-state index in [9.17, 15) is 4.79 Å². The summed E-state index contributed by atoms with van der Waals surface area (Å²) in [6, 6.07) is 13.3. The van der Waals surface area contributed by atoms with E-state index in [0.717, 1.165) is 27.7 Å². The summed E-state index contributed by atoms with van der Waals surface area (Å²) in [6.45, 7) is 1.94. The van der Waals surface area contributed by atoms with Gasteiger partial charge < -0.3 is 5.32 Å². The van der Waals surface area contributed by atoms with Gasteiger partial charge in [-0.1, -0.05) is 29.8 Å². The topological polar surface area (TPSA) is 85.6 Å². The lowest BCUT2D eigenvalue weighted by Gasteiger charge is -2.25. The first kappa shape index (κ1) is 16.8. The van der Waals surface area contributed by atoms with Gasteiger partial charge in [0.2, 0.25) is 5.91 Å². The van der Waals surface area contributed by atoms with Crippen LogP contribution < -0.4 is 5.32 Å². The number of aryl methyl sites for hydroxylation is 1. The Morgan fingerprint density at radius 2 is 2.00 bits per heavy atom. The van der Waals surface area contributed by atoms with E-state index in [4.69, 9.17) is 11.6 Å². The number of para-hydroxylation sites is 1. The lowest BCUT2D eigenvalue weighted by Crippen LogP contribution is -2.25. The van der Waals surface area contributed by atoms with Crippen molar-refractivity contribution in [2.45, 2.75) is 19.3 Å². The summed E-state index contributed by atoms with van der Waals surface area (Å²) >= 11 is 5.85. The first-order valence-corrected chi connectivity index (χ1v) is 9.22. The van der Waals surface area contributed by atoms with Crippen molar-refractivity contribution in [1.82, 2.24) is 25.0 Å². The largest absolute Gasteiger partial charge is 0.310 e. The zero-order valence-electron chi connectivity index (χ0n) is 14.9. The third kappa shape index (κ3) is 2.63. The number of anilines is 1. The fourth-order valence-electron chi connectivity index (χ4n) is 3.82. The molecular formula is C20H15ClN6O. The van der Waals surface area contributed by atoms with E-state index in [-0.39, 0.29) is 11.8 Å². The molecule has 0 unspecified atom stereocenters. The Balaban J connectivity index is 1.72. The van der Waals surface area contributed by atoms with Crippen molar-refractivity contribution < 1.29 is 4.79 Å². The second-order valence-electron chi connectivity index (χ2n) is 6.70. The van der Waals surface area contributed by atoms with Gasteiger partial charge in [-0.05, 0) is 36.8 Å². The SMILES string of the molecule is Cc1nn(-c2ccc(Cl)nn2)c2c1[C@H](c1ccnc3ccccc13)CC(=O)N2. The van der Waals surface area contributed by atoms with Crippen LogP contribution >= 0.6 is 11.6 Å². The molecule has 0 saturated carbocycles. The molecule has 1 amide bonds. The van der Waals surface area contributed by atoms with E-state index < -0.39 is 0 Å². The molecule has 1 aliphatic rings. The van der Waals surface area contributed by atoms with E-state index >= 15 is 0 Å². The average Bonchev–Trinajstić information content (AvgIpc) is 3.04. The van der Waals surface area contributed by atoms with Crippen LogP contribution in [-0.2, 0) is 4.79 Å². The molecule has 0 aliphatic carbocycles. The van der Waals surface area contributed by atoms with E-state index in [0.29, 0.717) is 23.2 Å². The van der Waals surface area contributed by atoms with Gasteiger partial charge in [0.25, 0.3) is 0 Å². The van der Waals surface area contributed by atoms with Crippen molar-refractivity contribution in [2.24, 2.45) is 0 Å². The van der Waals surface area contributed by atoms with E-state index in [1.165, 1.54) is 0 Å². The molecule has 5 rings (SSSR count). The Labute approximate surface area is 165 Å². The lowest BCUT2D eigenvalue weighted by atomic mass is 9.84. The molecule has 4 aromatic rings. The monoisotopic (exact) mass is 390 g/mol. The molecular weight excluding hydrogens is 376 g/mol. The highest BCUT2D eigenvalue weighted by Crippen LogP contribution is 2.41. The molecule has 8 heteroatoms. The van der Waals surface area contributed by atoms with E-state index in [1.807, 2.05) is 37.3 Å². The van der Waals surface area contributed by atoms with Crippen molar-refractivity contribution in [3.8, 4) is 5.82 Å². The van der Waals surface area contributed by atoms with Crippen LogP contribution in [0, 0.1) is 6.92 Å². The third-order valence-electron chi connectivity index (χ3n) is 5.00. The number of carbonyl (C=O) groups is 1. The minimum absolute atomic E-state index is 0.0681. The number of hydrogen-bond acceptors (Lipinski definition) is 5. The number of carbonyl (C=O) groups excluding carboxylic acids is 1. The number of nitrogens with one attached hydrogen (secondary N) is 1. The highest BCUT2D eigenvalue weighted by molar-refractivity contribution is 6.29. The fraction of sp³-hybridized carbons (Fsp3) is 0.150. The third-order valence-corrected chi connectivity index (χ3v) is 5.20. The number of pyridine rings is 1. The summed E-state index contributed by atoms with van der Waals surface area (Å²) in [5.41, 5.74) is 3.78. The Morgan fingerprint density at radius 1 is 1.14 bits per heavy atom. The van der Waals surface area contributed by atoms with Crippen LogP contribution in [0.5, 0.6) is 0 Å². The number of hydrogen-bond donors (Lipinski definition) is 1. The van der Waals surface area contributed by atoms with Crippen molar-refractivity contribution >= 4 is 34.2 Å². The Hall–Kier alpha value is -3.32. The van der Waals surface area contributed by atoms with Crippen LogP contribution in [0.4, 0.5) is 5.82 Å². The van der Waals surface area contributed by atoms with Gasteiger partial charge in [-0.15, -0.1) is 10.2 Å². The van der Waals surface area contributed by atoms with Crippen LogP contribution in [0.25, 0.3) is 16.7 Å². The van der Waals surface area contributed by atoms with Gasteiger partial charge in [0.1, 0.15) is 5.82 Å². The number of benzene rings is 1. The van der Waals surface area contributed by atoms with E-state index in [1.54, 1.807) is 23.0 Å². The van der Waals surface area contributed by atoms with Gasteiger partial charge in [-0.25, -0.2) is 0 Å². The molecule has 0 radical (unpaired) electrons. The van der Waals surface area contributed by atoms with Crippen LogP contribution in [0.15, 0.2) is 48.7 Å². The van der Waals surface area contributed by atoms with Gasteiger partial charge in [-0.3, -0.25) is 9.78 Å². The van der Waals surface area contributed by atoms with Gasteiger partial charge >= 0.3 is 0 Å². The fourth-order valence-corrected chi connectivity index (χ4v) is 3.92. The summed E-state index contributed by atoms with van der Waals surface area (Å²) in [4.78, 5) is 17.0. The van der Waals surface area contributed by atoms with Crippen molar-refractivity contribution in [3.05, 3.63) is 70.6 Å². The first-order valence-electron chi connectivity index (χ1n) is 8.84. The Morgan fingerprint density at radius 3 is 2.82 bits per heavy atom. The van der Waals surface area contributed by atoms with Gasteiger partial charge in [0.05, 0.1) is 11.2 Å². The molecule has 3 aromatic heterocycles. The molecule has 1 aliphatic heterocycles. The molecule has 28 heavy (non-hydrogen) atoms. The van der Waals surface area contributed by atoms with Gasteiger partial charge in [-0.2, -0.15) is 9.78 Å².